The predicted molar refractivity (Wildman–Crippen MR) is 87.1 cm³/mol. The Bertz CT molecular complexity index is 472. The summed E-state index contributed by atoms with van der Waals surface area (Å²) in [7, 11) is 0. The molecule has 0 aromatic carbocycles. The van der Waals surface area contributed by atoms with Crippen LogP contribution in [0.3, 0.4) is 0 Å². The van der Waals surface area contributed by atoms with E-state index in [9.17, 15) is 5.11 Å². The van der Waals surface area contributed by atoms with Gasteiger partial charge in [0.05, 0.1) is 5.60 Å². The summed E-state index contributed by atoms with van der Waals surface area (Å²) in [5.41, 5.74) is 1.33. The van der Waals surface area contributed by atoms with Crippen LogP contribution in [0.4, 0.5) is 0 Å². The van der Waals surface area contributed by atoms with Crippen LogP contribution in [0.2, 0.25) is 0 Å². The first-order chi connectivity index (χ1) is 10.7. The van der Waals surface area contributed by atoms with Crippen LogP contribution in [0.25, 0.3) is 0 Å². The van der Waals surface area contributed by atoms with Gasteiger partial charge in [-0.3, -0.25) is 0 Å². The largest absolute Gasteiger partial charge is 0.385 e. The fraction of sp³-hybridized carbons (Fsp3) is 0.905. The average molecular weight is 298 g/mol. The van der Waals surface area contributed by atoms with E-state index in [0.717, 1.165) is 35.5 Å². The highest BCUT2D eigenvalue weighted by Gasteiger charge is 2.56. The molecule has 1 nitrogen and oxygen atoms in total. The van der Waals surface area contributed by atoms with Gasteiger partial charge in [-0.05, 0) is 112 Å². The number of hydrogen-bond acceptors (Lipinski definition) is 1. The molecular weight excluding hydrogens is 268 g/mol. The van der Waals surface area contributed by atoms with Crippen LogP contribution in [-0.2, 0) is 0 Å². The Kier molecular flexibility index (Phi) is 2.49. The molecule has 0 spiro atoms. The summed E-state index contributed by atoms with van der Waals surface area (Å²) < 4.78 is 0. The second-order valence-corrected chi connectivity index (χ2v) is 10.1. The van der Waals surface area contributed by atoms with Crippen LogP contribution in [0.5, 0.6) is 0 Å². The number of allylic oxidation sites excluding steroid dienone is 1. The SMILES string of the molecule is OC1(C=C2C3CC4CC(C3)CC2C4)C2CC3CC(C2)CC1C3. The van der Waals surface area contributed by atoms with Crippen molar-refractivity contribution in [2.45, 2.75) is 69.8 Å². The molecule has 120 valence electrons. The Hall–Kier alpha value is -0.300. The van der Waals surface area contributed by atoms with Crippen LogP contribution < -0.4 is 0 Å². The second-order valence-electron chi connectivity index (χ2n) is 10.1. The normalized spacial score (nSPS) is 61.0. The molecule has 0 heterocycles. The van der Waals surface area contributed by atoms with Crippen molar-refractivity contribution in [3.8, 4) is 0 Å². The van der Waals surface area contributed by atoms with E-state index in [1.807, 2.05) is 0 Å². The summed E-state index contributed by atoms with van der Waals surface area (Å²) in [6.07, 6.45) is 16.6. The van der Waals surface area contributed by atoms with Gasteiger partial charge in [0.1, 0.15) is 0 Å². The lowest BCUT2D eigenvalue weighted by Crippen LogP contribution is -2.57. The van der Waals surface area contributed by atoms with Crippen molar-refractivity contribution in [2.24, 2.45) is 47.3 Å². The first kappa shape index (κ1) is 13.0. The van der Waals surface area contributed by atoms with E-state index in [1.165, 1.54) is 64.2 Å². The van der Waals surface area contributed by atoms with Gasteiger partial charge in [-0.2, -0.15) is 0 Å². The number of hydrogen-bond donors (Lipinski definition) is 1. The van der Waals surface area contributed by atoms with Crippen LogP contribution >= 0.6 is 0 Å². The molecule has 0 atom stereocenters. The maximum absolute atomic E-state index is 11.7. The molecule has 8 aliphatic rings. The smallest absolute Gasteiger partial charge is 0.0886 e. The third kappa shape index (κ3) is 1.65. The Morgan fingerprint density at radius 2 is 1.05 bits per heavy atom. The Balaban J connectivity index is 1.37. The van der Waals surface area contributed by atoms with Crippen LogP contribution in [0.15, 0.2) is 11.6 Å². The summed E-state index contributed by atoms with van der Waals surface area (Å²) in [5, 5.41) is 11.7. The summed E-state index contributed by atoms with van der Waals surface area (Å²) in [4.78, 5) is 0. The molecule has 0 saturated heterocycles. The number of aliphatic hydroxyl groups is 1. The minimum Gasteiger partial charge on any atom is -0.385 e. The molecule has 0 radical (unpaired) electrons. The first-order valence-electron chi connectivity index (χ1n) is 10.1. The molecule has 8 aliphatic carbocycles. The van der Waals surface area contributed by atoms with E-state index in [1.54, 1.807) is 5.57 Å². The van der Waals surface area contributed by atoms with Gasteiger partial charge in [-0.1, -0.05) is 11.6 Å². The van der Waals surface area contributed by atoms with Gasteiger partial charge < -0.3 is 5.11 Å². The Morgan fingerprint density at radius 3 is 1.50 bits per heavy atom. The fourth-order valence-corrected chi connectivity index (χ4v) is 8.41. The molecule has 8 saturated carbocycles. The van der Waals surface area contributed by atoms with Gasteiger partial charge in [0.2, 0.25) is 0 Å². The molecule has 0 unspecified atom stereocenters. The van der Waals surface area contributed by atoms with E-state index >= 15 is 0 Å². The molecule has 0 aliphatic heterocycles. The zero-order chi connectivity index (χ0) is 14.5. The van der Waals surface area contributed by atoms with Gasteiger partial charge >= 0.3 is 0 Å². The topological polar surface area (TPSA) is 20.2 Å². The van der Waals surface area contributed by atoms with Gasteiger partial charge in [0, 0.05) is 0 Å². The monoisotopic (exact) mass is 298 g/mol. The van der Waals surface area contributed by atoms with Crippen LogP contribution in [-0.4, -0.2) is 10.7 Å². The lowest BCUT2D eigenvalue weighted by atomic mass is 9.48. The van der Waals surface area contributed by atoms with Gasteiger partial charge in [0.25, 0.3) is 0 Å². The van der Waals surface area contributed by atoms with E-state index < -0.39 is 5.60 Å². The lowest BCUT2D eigenvalue weighted by molar-refractivity contribution is -0.144. The van der Waals surface area contributed by atoms with E-state index in [4.69, 9.17) is 0 Å². The Labute approximate surface area is 134 Å². The highest BCUT2D eigenvalue weighted by atomic mass is 16.3. The molecule has 8 bridgehead atoms. The number of rotatable bonds is 1. The maximum atomic E-state index is 11.7. The second kappa shape index (κ2) is 4.21. The Morgan fingerprint density at radius 1 is 0.636 bits per heavy atom. The van der Waals surface area contributed by atoms with E-state index in [0.29, 0.717) is 11.8 Å². The van der Waals surface area contributed by atoms with Crippen molar-refractivity contribution in [1.82, 2.24) is 0 Å². The van der Waals surface area contributed by atoms with Crippen molar-refractivity contribution in [2.75, 3.05) is 0 Å². The van der Waals surface area contributed by atoms with Crippen LogP contribution in [0.1, 0.15) is 64.2 Å². The minimum atomic E-state index is -0.405. The first-order valence-corrected chi connectivity index (χ1v) is 10.1. The molecular formula is C21H30O. The van der Waals surface area contributed by atoms with Gasteiger partial charge in [0.15, 0.2) is 0 Å². The molecule has 0 aromatic heterocycles. The minimum absolute atomic E-state index is 0.405. The maximum Gasteiger partial charge on any atom is 0.0886 e. The summed E-state index contributed by atoms with van der Waals surface area (Å²) in [5.74, 6) is 6.91. The standard InChI is InChI=1S/C21H30O/c22-21(18-7-14-2-15(9-18)10-19(21)8-14)11-20-16-3-12-1-13(5-16)6-17(20)4-12/h11-19,22H,1-10H2. The lowest BCUT2D eigenvalue weighted by Gasteiger charge is -2.59. The highest BCUT2D eigenvalue weighted by molar-refractivity contribution is 5.27. The van der Waals surface area contributed by atoms with Crippen molar-refractivity contribution < 1.29 is 5.11 Å². The predicted octanol–water partition coefficient (Wildman–Crippen LogP) is 4.56. The summed E-state index contributed by atoms with van der Waals surface area (Å²) >= 11 is 0. The molecule has 1 heteroatoms. The third-order valence-electron chi connectivity index (χ3n) is 8.92. The van der Waals surface area contributed by atoms with Crippen molar-refractivity contribution >= 4 is 0 Å². The average Bonchev–Trinajstić information content (AvgIpc) is 2.47. The van der Waals surface area contributed by atoms with E-state index in [-0.39, 0.29) is 0 Å². The van der Waals surface area contributed by atoms with Gasteiger partial charge in [-0.25, -0.2) is 0 Å². The molecule has 22 heavy (non-hydrogen) atoms. The zero-order valence-corrected chi connectivity index (χ0v) is 13.7. The molecule has 0 aromatic rings. The zero-order valence-electron chi connectivity index (χ0n) is 13.7. The third-order valence-corrected chi connectivity index (χ3v) is 8.92. The summed E-state index contributed by atoms with van der Waals surface area (Å²) in [6, 6.07) is 0. The highest BCUT2D eigenvalue weighted by Crippen LogP contribution is 2.61. The summed E-state index contributed by atoms with van der Waals surface area (Å²) in [6.45, 7) is 0. The van der Waals surface area contributed by atoms with Crippen LogP contribution in [0, 0.1) is 47.3 Å². The van der Waals surface area contributed by atoms with Crippen molar-refractivity contribution in [1.29, 1.82) is 0 Å². The fourth-order valence-electron chi connectivity index (χ4n) is 8.41. The quantitative estimate of drug-likeness (QED) is 0.704. The van der Waals surface area contributed by atoms with Crippen molar-refractivity contribution in [3.63, 3.8) is 0 Å². The molecule has 1 N–H and O–H groups in total. The van der Waals surface area contributed by atoms with Crippen molar-refractivity contribution in [3.05, 3.63) is 11.6 Å². The molecule has 8 fully saturated rings. The molecule has 0 amide bonds. The van der Waals surface area contributed by atoms with E-state index in [2.05, 4.69) is 6.08 Å². The molecule has 8 rings (SSSR count). The van der Waals surface area contributed by atoms with Gasteiger partial charge in [-0.15, -0.1) is 0 Å².